The van der Waals surface area contributed by atoms with Crippen LogP contribution in [0.2, 0.25) is 0 Å². The summed E-state index contributed by atoms with van der Waals surface area (Å²) in [5, 5.41) is 0. The Labute approximate surface area is 126 Å². The van der Waals surface area contributed by atoms with Crippen molar-refractivity contribution in [3.63, 3.8) is 0 Å². The van der Waals surface area contributed by atoms with Crippen LogP contribution in [0.1, 0.15) is 57.3 Å². The summed E-state index contributed by atoms with van der Waals surface area (Å²) in [4.78, 5) is 9.11. The highest BCUT2D eigenvalue weighted by atomic mass is 15.0. The van der Waals surface area contributed by atoms with E-state index in [2.05, 4.69) is 50.0 Å². The van der Waals surface area contributed by atoms with E-state index in [4.69, 9.17) is 10.7 Å². The van der Waals surface area contributed by atoms with Gasteiger partial charge >= 0.3 is 0 Å². The third kappa shape index (κ3) is 2.92. The average molecular weight is 281 g/mol. The van der Waals surface area contributed by atoms with Crippen LogP contribution in [0.5, 0.6) is 0 Å². The lowest BCUT2D eigenvalue weighted by Gasteiger charge is -2.26. The molecule has 3 nitrogen and oxygen atoms in total. The van der Waals surface area contributed by atoms with Crippen molar-refractivity contribution in [1.82, 2.24) is 9.97 Å². The van der Waals surface area contributed by atoms with Crippen molar-refractivity contribution in [2.24, 2.45) is 0 Å². The first-order valence-corrected chi connectivity index (χ1v) is 7.69. The zero-order chi connectivity index (χ0) is 15.0. The molecular weight excluding hydrogens is 258 g/mol. The zero-order valence-electron chi connectivity index (χ0n) is 13.1. The molecule has 1 saturated carbocycles. The molecule has 0 spiro atoms. The average Bonchev–Trinajstić information content (AvgIpc) is 2.35. The van der Waals surface area contributed by atoms with Crippen molar-refractivity contribution in [2.75, 3.05) is 5.73 Å². The summed E-state index contributed by atoms with van der Waals surface area (Å²) in [5.41, 5.74) is 9.36. The zero-order valence-corrected chi connectivity index (χ0v) is 13.1. The predicted molar refractivity (Wildman–Crippen MR) is 87.2 cm³/mol. The van der Waals surface area contributed by atoms with Crippen LogP contribution in [0.15, 0.2) is 30.3 Å². The van der Waals surface area contributed by atoms with E-state index in [0.717, 1.165) is 23.0 Å². The van der Waals surface area contributed by atoms with E-state index in [1.807, 2.05) is 6.07 Å². The van der Waals surface area contributed by atoms with Crippen molar-refractivity contribution < 1.29 is 0 Å². The minimum Gasteiger partial charge on any atom is -0.384 e. The molecule has 1 aliphatic rings. The Morgan fingerprint density at radius 3 is 2.48 bits per heavy atom. The minimum absolute atomic E-state index is 0.101. The van der Waals surface area contributed by atoms with E-state index in [9.17, 15) is 0 Å². The van der Waals surface area contributed by atoms with Crippen molar-refractivity contribution in [3.05, 3.63) is 41.7 Å². The van der Waals surface area contributed by atoms with Crippen LogP contribution in [0.25, 0.3) is 11.3 Å². The fourth-order valence-corrected chi connectivity index (χ4v) is 2.64. The highest BCUT2D eigenvalue weighted by molar-refractivity contribution is 5.63. The van der Waals surface area contributed by atoms with Crippen LogP contribution in [0, 0.1) is 0 Å². The maximum atomic E-state index is 5.98. The van der Waals surface area contributed by atoms with Crippen LogP contribution < -0.4 is 5.73 Å². The van der Waals surface area contributed by atoms with Crippen LogP contribution in [0.3, 0.4) is 0 Å². The molecular formula is C18H23N3. The van der Waals surface area contributed by atoms with E-state index in [0.29, 0.717) is 5.82 Å². The smallest absolute Gasteiger partial charge is 0.136 e. The van der Waals surface area contributed by atoms with Gasteiger partial charge in [-0.15, -0.1) is 0 Å². The third-order valence-corrected chi connectivity index (χ3v) is 4.18. The van der Waals surface area contributed by atoms with E-state index < -0.39 is 0 Å². The monoisotopic (exact) mass is 281 g/mol. The van der Waals surface area contributed by atoms with Gasteiger partial charge in [0.2, 0.25) is 0 Å². The first-order chi connectivity index (χ1) is 9.93. The van der Waals surface area contributed by atoms with Gasteiger partial charge in [-0.3, -0.25) is 0 Å². The van der Waals surface area contributed by atoms with Gasteiger partial charge in [0.15, 0.2) is 0 Å². The number of rotatable bonds is 2. The summed E-state index contributed by atoms with van der Waals surface area (Å²) in [6.07, 6.45) is 3.97. The summed E-state index contributed by atoms with van der Waals surface area (Å²) < 4.78 is 0. The Kier molecular flexibility index (Phi) is 3.44. The maximum absolute atomic E-state index is 5.98. The molecule has 0 atom stereocenters. The Hall–Kier alpha value is -1.90. The standard InChI is InChI=1S/C18H23N3/c1-18(2,3)17-20-15(11-16(19)21-17)14-9-5-8-13(10-14)12-6-4-7-12/h5,8-12H,4,6-7H2,1-3H3,(H2,19,20,21). The molecule has 1 aliphatic carbocycles. The highest BCUT2D eigenvalue weighted by Gasteiger charge is 2.21. The van der Waals surface area contributed by atoms with Gasteiger partial charge in [0.25, 0.3) is 0 Å². The molecule has 0 amide bonds. The summed E-state index contributed by atoms with van der Waals surface area (Å²) in [6.45, 7) is 6.32. The Morgan fingerprint density at radius 1 is 1.10 bits per heavy atom. The summed E-state index contributed by atoms with van der Waals surface area (Å²) in [6, 6.07) is 10.6. The van der Waals surface area contributed by atoms with Gasteiger partial charge in [0, 0.05) is 17.0 Å². The number of nitrogens with two attached hydrogens (primary N) is 1. The van der Waals surface area contributed by atoms with Crippen molar-refractivity contribution in [1.29, 1.82) is 0 Å². The molecule has 0 saturated heterocycles. The lowest BCUT2D eigenvalue weighted by molar-refractivity contribution is 0.420. The molecule has 0 aliphatic heterocycles. The number of anilines is 1. The Morgan fingerprint density at radius 2 is 1.86 bits per heavy atom. The number of benzene rings is 1. The van der Waals surface area contributed by atoms with Gasteiger partial charge in [-0.25, -0.2) is 9.97 Å². The van der Waals surface area contributed by atoms with Crippen LogP contribution in [-0.2, 0) is 5.41 Å². The Bertz CT molecular complexity index is 652. The van der Waals surface area contributed by atoms with E-state index >= 15 is 0 Å². The molecule has 2 N–H and O–H groups in total. The number of aromatic nitrogens is 2. The van der Waals surface area contributed by atoms with Crippen molar-refractivity contribution >= 4 is 5.82 Å². The van der Waals surface area contributed by atoms with Gasteiger partial charge < -0.3 is 5.73 Å². The first kappa shape index (κ1) is 14.1. The molecule has 0 radical (unpaired) electrons. The molecule has 3 rings (SSSR count). The number of nitrogen functional groups attached to an aromatic ring is 1. The molecule has 1 aromatic carbocycles. The van der Waals surface area contributed by atoms with Crippen LogP contribution in [0.4, 0.5) is 5.82 Å². The van der Waals surface area contributed by atoms with Crippen LogP contribution in [-0.4, -0.2) is 9.97 Å². The van der Waals surface area contributed by atoms with Gasteiger partial charge in [0.1, 0.15) is 11.6 Å². The van der Waals surface area contributed by atoms with Gasteiger partial charge in [-0.2, -0.15) is 0 Å². The lowest BCUT2D eigenvalue weighted by atomic mass is 9.79. The quantitative estimate of drug-likeness (QED) is 0.893. The molecule has 2 aromatic rings. The molecule has 110 valence electrons. The Balaban J connectivity index is 2.01. The molecule has 1 aromatic heterocycles. The summed E-state index contributed by atoms with van der Waals surface area (Å²) >= 11 is 0. The second kappa shape index (κ2) is 5.14. The molecule has 1 fully saturated rings. The lowest BCUT2D eigenvalue weighted by Crippen LogP contribution is -2.17. The molecule has 1 heterocycles. The molecule has 0 bridgehead atoms. The summed E-state index contributed by atoms with van der Waals surface area (Å²) in [5.74, 6) is 2.07. The highest BCUT2D eigenvalue weighted by Crippen LogP contribution is 2.37. The number of hydrogen-bond donors (Lipinski definition) is 1. The molecule has 3 heteroatoms. The largest absolute Gasteiger partial charge is 0.384 e. The fourth-order valence-electron chi connectivity index (χ4n) is 2.64. The van der Waals surface area contributed by atoms with Gasteiger partial charge in [0.05, 0.1) is 5.69 Å². The van der Waals surface area contributed by atoms with Crippen molar-refractivity contribution in [3.8, 4) is 11.3 Å². The van der Waals surface area contributed by atoms with E-state index in [1.165, 1.54) is 24.8 Å². The topological polar surface area (TPSA) is 51.8 Å². The second-order valence-electron chi connectivity index (χ2n) is 7.00. The molecule has 21 heavy (non-hydrogen) atoms. The second-order valence-corrected chi connectivity index (χ2v) is 7.00. The van der Waals surface area contributed by atoms with E-state index in [1.54, 1.807) is 0 Å². The van der Waals surface area contributed by atoms with Crippen LogP contribution >= 0.6 is 0 Å². The number of hydrogen-bond acceptors (Lipinski definition) is 3. The SMILES string of the molecule is CC(C)(C)c1nc(N)cc(-c2cccc(C3CCC3)c2)n1. The minimum atomic E-state index is -0.101. The van der Waals surface area contributed by atoms with Gasteiger partial charge in [-0.1, -0.05) is 45.4 Å². The van der Waals surface area contributed by atoms with E-state index in [-0.39, 0.29) is 5.41 Å². The predicted octanol–water partition coefficient (Wildman–Crippen LogP) is 4.29. The maximum Gasteiger partial charge on any atom is 0.136 e. The third-order valence-electron chi connectivity index (χ3n) is 4.18. The van der Waals surface area contributed by atoms with Crippen molar-refractivity contribution in [2.45, 2.75) is 51.4 Å². The normalized spacial score (nSPS) is 15.8. The first-order valence-electron chi connectivity index (χ1n) is 7.69. The molecule has 0 unspecified atom stereocenters. The number of nitrogens with zero attached hydrogens (tertiary/aromatic N) is 2. The fraction of sp³-hybridized carbons (Fsp3) is 0.444. The van der Waals surface area contributed by atoms with Gasteiger partial charge in [-0.05, 0) is 30.4 Å². The summed E-state index contributed by atoms with van der Waals surface area (Å²) in [7, 11) is 0.